The van der Waals surface area contributed by atoms with Gasteiger partial charge in [0.2, 0.25) is 0 Å². The van der Waals surface area contributed by atoms with Gasteiger partial charge >= 0.3 is 0 Å². The summed E-state index contributed by atoms with van der Waals surface area (Å²) in [5, 5.41) is 9.34. The highest BCUT2D eigenvalue weighted by Crippen LogP contribution is 2.30. The Morgan fingerprint density at radius 3 is 2.81 bits per heavy atom. The topological polar surface area (TPSA) is 51.0 Å². The third-order valence-electron chi connectivity index (χ3n) is 4.33. The standard InChI is InChI=1S/C19H17BrN4OS2/c1-11-17-14(19(25)23(2)9-13-7-12(20)10-27-13)8-15(16-5-4-6-26-16)21-18(17)24(3)22-11/h4-8,10H,9H2,1-3H3. The summed E-state index contributed by atoms with van der Waals surface area (Å²) in [5.41, 5.74) is 2.99. The lowest BCUT2D eigenvalue weighted by Crippen LogP contribution is -2.26. The minimum Gasteiger partial charge on any atom is -0.337 e. The maximum absolute atomic E-state index is 13.3. The van der Waals surface area contributed by atoms with Gasteiger partial charge in [0.15, 0.2) is 5.65 Å². The van der Waals surface area contributed by atoms with Gasteiger partial charge in [-0.05, 0) is 46.4 Å². The molecular formula is C19H17BrN4OS2. The average molecular weight is 461 g/mol. The average Bonchev–Trinajstić information content (AvgIpc) is 3.36. The number of hydrogen-bond acceptors (Lipinski definition) is 5. The van der Waals surface area contributed by atoms with Gasteiger partial charge < -0.3 is 4.90 Å². The molecule has 0 aliphatic rings. The van der Waals surface area contributed by atoms with Crippen LogP contribution in [0.2, 0.25) is 0 Å². The number of halogens is 1. The number of aromatic nitrogens is 3. The zero-order valence-electron chi connectivity index (χ0n) is 15.1. The Hall–Kier alpha value is -2.03. The van der Waals surface area contributed by atoms with Gasteiger partial charge in [-0.3, -0.25) is 9.48 Å². The van der Waals surface area contributed by atoms with Crippen molar-refractivity contribution < 1.29 is 4.79 Å². The Morgan fingerprint density at radius 1 is 1.33 bits per heavy atom. The monoisotopic (exact) mass is 460 g/mol. The first-order chi connectivity index (χ1) is 12.9. The van der Waals surface area contributed by atoms with E-state index in [0.29, 0.717) is 12.1 Å². The first kappa shape index (κ1) is 18.3. The van der Waals surface area contributed by atoms with E-state index >= 15 is 0 Å². The molecule has 0 radical (unpaired) electrons. The fraction of sp³-hybridized carbons (Fsp3) is 0.211. The van der Waals surface area contributed by atoms with Crippen molar-refractivity contribution in [3.63, 3.8) is 0 Å². The molecule has 0 N–H and O–H groups in total. The second kappa shape index (κ2) is 7.18. The van der Waals surface area contributed by atoms with E-state index in [0.717, 1.165) is 36.6 Å². The molecule has 4 aromatic heterocycles. The van der Waals surface area contributed by atoms with Crippen LogP contribution in [-0.2, 0) is 13.6 Å². The Kier molecular flexibility index (Phi) is 4.88. The van der Waals surface area contributed by atoms with Crippen LogP contribution in [0, 0.1) is 6.92 Å². The largest absolute Gasteiger partial charge is 0.337 e. The summed E-state index contributed by atoms with van der Waals surface area (Å²) in [6.45, 7) is 2.48. The quantitative estimate of drug-likeness (QED) is 0.425. The molecule has 8 heteroatoms. The molecule has 0 aliphatic carbocycles. The molecule has 0 saturated heterocycles. The molecule has 5 nitrogen and oxygen atoms in total. The van der Waals surface area contributed by atoms with Crippen molar-refractivity contribution in [1.29, 1.82) is 0 Å². The first-order valence-corrected chi connectivity index (χ1v) is 10.9. The van der Waals surface area contributed by atoms with Crippen LogP contribution < -0.4 is 0 Å². The fourth-order valence-electron chi connectivity index (χ4n) is 3.11. The van der Waals surface area contributed by atoms with Crippen LogP contribution in [0.4, 0.5) is 0 Å². The van der Waals surface area contributed by atoms with Crippen molar-refractivity contribution in [3.05, 3.63) is 55.6 Å². The van der Waals surface area contributed by atoms with Gasteiger partial charge in [-0.25, -0.2) is 4.98 Å². The molecule has 0 fully saturated rings. The second-order valence-electron chi connectivity index (χ2n) is 6.33. The number of carbonyl (C=O) groups is 1. The molecule has 0 bridgehead atoms. The van der Waals surface area contributed by atoms with Gasteiger partial charge in [0, 0.05) is 28.8 Å². The summed E-state index contributed by atoms with van der Waals surface area (Å²) in [5.74, 6) is -0.0270. The molecule has 0 aliphatic heterocycles. The van der Waals surface area contributed by atoms with E-state index < -0.39 is 0 Å². The van der Waals surface area contributed by atoms with E-state index in [4.69, 9.17) is 4.98 Å². The van der Waals surface area contributed by atoms with Gasteiger partial charge in [0.25, 0.3) is 5.91 Å². The zero-order chi connectivity index (χ0) is 19.1. The maximum Gasteiger partial charge on any atom is 0.254 e. The summed E-state index contributed by atoms with van der Waals surface area (Å²) in [4.78, 5) is 22.0. The molecule has 0 spiro atoms. The minimum absolute atomic E-state index is 0.0270. The van der Waals surface area contributed by atoms with E-state index in [9.17, 15) is 4.79 Å². The summed E-state index contributed by atoms with van der Waals surface area (Å²) >= 11 is 6.71. The molecule has 4 heterocycles. The normalized spacial score (nSPS) is 11.3. The maximum atomic E-state index is 13.3. The molecule has 138 valence electrons. The van der Waals surface area contributed by atoms with Crippen molar-refractivity contribution in [1.82, 2.24) is 19.7 Å². The van der Waals surface area contributed by atoms with E-state index in [1.54, 1.807) is 32.3 Å². The van der Waals surface area contributed by atoms with E-state index in [2.05, 4.69) is 21.0 Å². The third kappa shape index (κ3) is 3.44. The molecular weight excluding hydrogens is 444 g/mol. The predicted octanol–water partition coefficient (Wildman–Crippen LogP) is 5.10. The highest BCUT2D eigenvalue weighted by Gasteiger charge is 2.22. The Labute approximate surface area is 173 Å². The highest BCUT2D eigenvalue weighted by atomic mass is 79.9. The molecule has 1 amide bonds. The smallest absolute Gasteiger partial charge is 0.254 e. The van der Waals surface area contributed by atoms with Crippen LogP contribution in [0.15, 0.2) is 39.5 Å². The number of rotatable bonds is 4. The van der Waals surface area contributed by atoms with Crippen molar-refractivity contribution in [2.24, 2.45) is 7.05 Å². The molecule has 0 atom stereocenters. The summed E-state index contributed by atoms with van der Waals surface area (Å²) < 4.78 is 2.78. The van der Waals surface area contributed by atoms with Gasteiger partial charge in [-0.2, -0.15) is 5.10 Å². The Morgan fingerprint density at radius 2 is 2.15 bits per heavy atom. The van der Waals surface area contributed by atoms with Gasteiger partial charge in [-0.1, -0.05) is 6.07 Å². The molecule has 0 aromatic carbocycles. The van der Waals surface area contributed by atoms with Crippen molar-refractivity contribution in [3.8, 4) is 10.6 Å². The zero-order valence-corrected chi connectivity index (χ0v) is 18.3. The van der Waals surface area contributed by atoms with Crippen LogP contribution in [0.25, 0.3) is 21.6 Å². The van der Waals surface area contributed by atoms with Crippen LogP contribution in [0.3, 0.4) is 0 Å². The number of aryl methyl sites for hydroxylation is 2. The van der Waals surface area contributed by atoms with Gasteiger partial charge in [-0.15, -0.1) is 22.7 Å². The lowest BCUT2D eigenvalue weighted by molar-refractivity contribution is 0.0788. The van der Waals surface area contributed by atoms with Crippen molar-refractivity contribution >= 4 is 55.5 Å². The third-order valence-corrected chi connectivity index (χ3v) is 6.91. The van der Waals surface area contributed by atoms with Crippen molar-refractivity contribution in [2.45, 2.75) is 13.5 Å². The van der Waals surface area contributed by atoms with E-state index in [1.807, 2.05) is 56.0 Å². The van der Waals surface area contributed by atoms with Gasteiger partial charge in [0.05, 0.1) is 33.8 Å². The number of thiophene rings is 2. The minimum atomic E-state index is -0.0270. The fourth-order valence-corrected chi connectivity index (χ4v) is 5.30. The molecule has 0 saturated carbocycles. The van der Waals surface area contributed by atoms with Crippen molar-refractivity contribution in [2.75, 3.05) is 7.05 Å². The van der Waals surface area contributed by atoms with E-state index in [1.165, 1.54) is 0 Å². The van der Waals surface area contributed by atoms with Crippen LogP contribution >= 0.6 is 38.6 Å². The number of carbonyl (C=O) groups excluding carboxylic acids is 1. The molecule has 27 heavy (non-hydrogen) atoms. The lowest BCUT2D eigenvalue weighted by Gasteiger charge is -2.17. The second-order valence-corrected chi connectivity index (χ2v) is 9.19. The summed E-state index contributed by atoms with van der Waals surface area (Å²) in [6, 6.07) is 7.95. The number of hydrogen-bond donors (Lipinski definition) is 0. The number of fused-ring (bicyclic) bond motifs is 1. The molecule has 4 aromatic rings. The van der Waals surface area contributed by atoms with Crippen LogP contribution in [-0.4, -0.2) is 32.6 Å². The number of amides is 1. The lowest BCUT2D eigenvalue weighted by atomic mass is 10.1. The Bertz CT molecular complexity index is 1130. The molecule has 4 rings (SSSR count). The first-order valence-electron chi connectivity index (χ1n) is 8.30. The predicted molar refractivity (Wildman–Crippen MR) is 114 cm³/mol. The van der Waals surface area contributed by atoms with E-state index in [-0.39, 0.29) is 5.91 Å². The Balaban J connectivity index is 1.80. The number of pyridine rings is 1. The van der Waals surface area contributed by atoms with Crippen LogP contribution in [0.1, 0.15) is 20.9 Å². The molecule has 0 unspecified atom stereocenters. The van der Waals surface area contributed by atoms with Crippen LogP contribution in [0.5, 0.6) is 0 Å². The highest BCUT2D eigenvalue weighted by molar-refractivity contribution is 9.10. The summed E-state index contributed by atoms with van der Waals surface area (Å²) in [6.07, 6.45) is 0. The number of nitrogens with zero attached hydrogens (tertiary/aromatic N) is 4. The SMILES string of the molecule is Cc1nn(C)c2nc(-c3cccs3)cc(C(=O)N(C)Cc3cc(Br)cs3)c12. The summed E-state index contributed by atoms with van der Waals surface area (Å²) in [7, 11) is 3.69. The van der Waals surface area contributed by atoms with Gasteiger partial charge in [0.1, 0.15) is 0 Å².